The third-order valence-corrected chi connectivity index (χ3v) is 15.9. The van der Waals surface area contributed by atoms with Gasteiger partial charge < -0.3 is 14.8 Å². The van der Waals surface area contributed by atoms with Gasteiger partial charge >= 0.3 is 15.6 Å². The summed E-state index contributed by atoms with van der Waals surface area (Å²) in [6.45, 7) is 8.10. The zero-order valence-corrected chi connectivity index (χ0v) is 37.9. The van der Waals surface area contributed by atoms with Gasteiger partial charge in [0.15, 0.2) is 0 Å². The Bertz CT molecular complexity index is 2540. The van der Waals surface area contributed by atoms with Gasteiger partial charge in [-0.05, 0) is 128 Å². The normalized spacial score (nSPS) is 30.5. The minimum atomic E-state index is -5.81. The van der Waals surface area contributed by atoms with Gasteiger partial charge in [-0.3, -0.25) is 9.59 Å². The van der Waals surface area contributed by atoms with Gasteiger partial charge in [-0.1, -0.05) is 96.6 Å². The Kier molecular flexibility index (Phi) is 12.8. The first-order valence-electron chi connectivity index (χ1n) is 20.2. The molecule has 10 atom stereocenters. The van der Waals surface area contributed by atoms with Crippen LogP contribution in [0.4, 0.5) is 13.2 Å². The van der Waals surface area contributed by atoms with Crippen molar-refractivity contribution >= 4 is 68.3 Å². The van der Waals surface area contributed by atoms with Crippen molar-refractivity contribution in [3.63, 3.8) is 0 Å². The van der Waals surface area contributed by atoms with Gasteiger partial charge in [0.2, 0.25) is 11.8 Å². The summed E-state index contributed by atoms with van der Waals surface area (Å²) in [5.74, 6) is -0.304. The van der Waals surface area contributed by atoms with Crippen molar-refractivity contribution in [1.29, 1.82) is 5.26 Å². The second-order valence-corrected chi connectivity index (χ2v) is 20.6. The number of carbonyl (C=O) groups is 2. The molecule has 16 heteroatoms. The number of benzene rings is 4. The number of hydrogen-bond donors (Lipinski definition) is 2. The number of halogens is 7. The number of hydrogen-bond acceptors (Lipinski definition) is 6. The lowest BCUT2D eigenvalue weighted by atomic mass is 9.56. The second kappa shape index (κ2) is 17.2. The molecule has 0 radical (unpaired) electrons. The summed E-state index contributed by atoms with van der Waals surface area (Å²) >= 11 is 25.3. The molecule has 2 saturated heterocycles. The molecule has 8 rings (SSSR count). The van der Waals surface area contributed by atoms with Crippen molar-refractivity contribution in [2.75, 3.05) is 0 Å². The molecule has 2 amide bonds. The van der Waals surface area contributed by atoms with Crippen LogP contribution in [0.5, 0.6) is 5.75 Å². The van der Waals surface area contributed by atoms with Crippen molar-refractivity contribution in [2.24, 2.45) is 22.7 Å². The number of nitrogens with one attached hydrogen (secondary N) is 2. The van der Waals surface area contributed by atoms with E-state index in [1.165, 1.54) is 17.7 Å². The minimum Gasteiger partial charge on any atom is -0.376 e. The monoisotopic (exact) mass is 947 g/mol. The van der Waals surface area contributed by atoms with E-state index in [1.54, 1.807) is 18.2 Å². The van der Waals surface area contributed by atoms with Gasteiger partial charge in [0.05, 0.1) is 22.5 Å². The first-order valence-corrected chi connectivity index (χ1v) is 23.1. The molecule has 62 heavy (non-hydrogen) atoms. The highest BCUT2D eigenvalue weighted by Crippen LogP contribution is 2.61. The molecule has 2 aliphatic carbocycles. The lowest BCUT2D eigenvalue weighted by molar-refractivity contribution is -0.130. The highest BCUT2D eigenvalue weighted by molar-refractivity contribution is 7.88. The first kappa shape index (κ1) is 46.0. The average molecular weight is 950 g/mol. The first-order chi connectivity index (χ1) is 29.1. The number of carbonyl (C=O) groups excluding carboxylic acids is 2. The molecule has 0 aromatic heterocycles. The molecule has 8 nitrogen and oxygen atoms in total. The Labute approximate surface area is 379 Å². The molecule has 328 valence electrons. The fourth-order valence-electron chi connectivity index (χ4n) is 11.0. The van der Waals surface area contributed by atoms with E-state index in [-0.39, 0.29) is 69.8 Å². The van der Waals surface area contributed by atoms with Crippen LogP contribution in [0.2, 0.25) is 20.1 Å². The average Bonchev–Trinajstić information content (AvgIpc) is 3.58. The Balaban J connectivity index is 0.000000190. The van der Waals surface area contributed by atoms with Crippen LogP contribution >= 0.6 is 46.4 Å². The molecule has 0 bridgehead atoms. The van der Waals surface area contributed by atoms with E-state index in [0.29, 0.717) is 39.0 Å². The van der Waals surface area contributed by atoms with E-state index in [4.69, 9.17) is 46.4 Å². The standard InChI is InChI=1S/C23H22Cl2F3NO4S.C23H22Cl2N2O/c1-12-20-19(13-3-5-14(24)6-4-13)17(9-10-22(20,2)21(30)29-12)16-8-7-15(11-18(16)25)33-34(31,32)23(26,27)28;1-13-21-20(15-4-6-16(24)7-5-15)18(9-10-23(21,2)22(28)27-13)17-8-3-14(12-26)11-19(17)25/h3-8,11-12,17,19-20H,9-10H2,1-2H3,(H,29,30);3-8,11,13,18,20-21H,9-10H2,1-2H3,(H,27,28)/t12-,17+,19+,20+,22-;13-,18+,20+,21+,23-/m11/s1. The van der Waals surface area contributed by atoms with Gasteiger partial charge in [0, 0.05) is 50.1 Å². The number of amides is 2. The predicted molar refractivity (Wildman–Crippen MR) is 234 cm³/mol. The van der Waals surface area contributed by atoms with Gasteiger partial charge in [-0.2, -0.15) is 26.9 Å². The Morgan fingerprint density at radius 3 is 1.50 bits per heavy atom. The minimum absolute atomic E-state index is 0.00499. The van der Waals surface area contributed by atoms with Crippen LogP contribution in [0.25, 0.3) is 0 Å². The summed E-state index contributed by atoms with van der Waals surface area (Å²) in [6.07, 6.45) is 2.88. The summed E-state index contributed by atoms with van der Waals surface area (Å²) in [4.78, 5) is 25.6. The third-order valence-electron chi connectivity index (χ3n) is 13.8. The van der Waals surface area contributed by atoms with Crippen molar-refractivity contribution in [3.8, 4) is 11.8 Å². The van der Waals surface area contributed by atoms with Crippen LogP contribution in [-0.4, -0.2) is 37.8 Å². The zero-order chi connectivity index (χ0) is 45.1. The largest absolute Gasteiger partial charge is 0.534 e. The summed E-state index contributed by atoms with van der Waals surface area (Å²) in [5, 5.41) is 17.4. The van der Waals surface area contributed by atoms with E-state index in [1.807, 2.05) is 50.2 Å². The van der Waals surface area contributed by atoms with Crippen LogP contribution in [0.1, 0.15) is 105 Å². The van der Waals surface area contributed by atoms with E-state index >= 15 is 0 Å². The van der Waals surface area contributed by atoms with Crippen LogP contribution in [-0.2, 0) is 19.7 Å². The smallest absolute Gasteiger partial charge is 0.376 e. The lowest BCUT2D eigenvalue weighted by Crippen LogP contribution is -2.42. The highest BCUT2D eigenvalue weighted by Gasteiger charge is 2.59. The molecular weight excluding hydrogens is 905 g/mol. The second-order valence-electron chi connectivity index (χ2n) is 17.4. The molecule has 2 saturated carbocycles. The molecule has 0 spiro atoms. The number of nitriles is 1. The topological polar surface area (TPSA) is 125 Å². The zero-order valence-electron chi connectivity index (χ0n) is 34.1. The summed E-state index contributed by atoms with van der Waals surface area (Å²) in [5.41, 5.74) is -2.14. The molecule has 2 heterocycles. The fraction of sp³-hybridized carbons (Fsp3) is 0.413. The maximum atomic E-state index is 12.8. The van der Waals surface area contributed by atoms with Gasteiger partial charge in [-0.15, -0.1) is 0 Å². The number of nitrogens with zero attached hydrogens (tertiary/aromatic N) is 1. The van der Waals surface area contributed by atoms with E-state index < -0.39 is 26.8 Å². The Morgan fingerprint density at radius 2 is 1.11 bits per heavy atom. The molecule has 2 N–H and O–H groups in total. The maximum Gasteiger partial charge on any atom is 0.534 e. The quantitative estimate of drug-likeness (QED) is 0.146. The van der Waals surface area contributed by atoms with Crippen LogP contribution in [0, 0.1) is 34.0 Å². The molecule has 4 fully saturated rings. The number of fused-ring (bicyclic) bond motifs is 2. The summed E-state index contributed by atoms with van der Waals surface area (Å²) in [7, 11) is -5.81. The van der Waals surface area contributed by atoms with Gasteiger partial charge in [-0.25, -0.2) is 0 Å². The van der Waals surface area contributed by atoms with Crippen molar-refractivity contribution < 1.29 is 35.4 Å². The van der Waals surface area contributed by atoms with Crippen molar-refractivity contribution in [1.82, 2.24) is 10.6 Å². The molecule has 4 aromatic carbocycles. The number of alkyl halides is 3. The summed E-state index contributed by atoms with van der Waals surface area (Å²) in [6, 6.07) is 26.7. The van der Waals surface area contributed by atoms with Crippen molar-refractivity contribution in [3.05, 3.63) is 133 Å². The molecule has 4 aromatic rings. The van der Waals surface area contributed by atoms with E-state index in [9.17, 15) is 36.4 Å². The number of rotatable bonds is 6. The Morgan fingerprint density at radius 1 is 0.694 bits per heavy atom. The molecule has 2 aliphatic heterocycles. The van der Waals surface area contributed by atoms with Crippen LogP contribution in [0.3, 0.4) is 0 Å². The predicted octanol–water partition coefficient (Wildman–Crippen LogP) is 11.7. The SMILES string of the molecule is C[C@H]1NC(=O)[C@]2(C)CC[C@@H](c3ccc(C#N)cc3Cl)[C@H](c3ccc(Cl)cc3)[C@H]12.C[C@H]1NC(=O)[C@]2(C)CC[C@@H](c3ccc(OS(=O)(=O)C(F)(F)F)cc3Cl)[C@H](c3ccc(Cl)cc3)[C@H]12. The Hall–Kier alpha value is -3.99. The van der Waals surface area contributed by atoms with Crippen LogP contribution in [0.15, 0.2) is 84.9 Å². The van der Waals surface area contributed by atoms with E-state index in [0.717, 1.165) is 30.0 Å². The molecule has 4 aliphatic rings. The third kappa shape index (κ3) is 8.40. The van der Waals surface area contributed by atoms with Gasteiger partial charge in [0.25, 0.3) is 0 Å². The lowest BCUT2D eigenvalue weighted by Gasteiger charge is -2.46. The van der Waals surface area contributed by atoms with E-state index in [2.05, 4.69) is 46.9 Å². The summed E-state index contributed by atoms with van der Waals surface area (Å²) < 4.78 is 65.1. The maximum absolute atomic E-state index is 12.8. The van der Waals surface area contributed by atoms with Crippen LogP contribution < -0.4 is 14.8 Å². The molecule has 0 unspecified atom stereocenters. The molecular formula is C46H44Cl4F3N3O5S. The van der Waals surface area contributed by atoms with Crippen molar-refractivity contribution in [2.45, 2.75) is 94.6 Å². The highest BCUT2D eigenvalue weighted by atomic mass is 35.5. The van der Waals surface area contributed by atoms with Gasteiger partial charge in [0.1, 0.15) is 5.75 Å². The fourth-order valence-corrected chi connectivity index (χ4v) is 12.3.